The fourth-order valence-corrected chi connectivity index (χ4v) is 4.55. The van der Waals surface area contributed by atoms with E-state index in [4.69, 9.17) is 21.7 Å². The summed E-state index contributed by atoms with van der Waals surface area (Å²) in [7, 11) is 0. The predicted molar refractivity (Wildman–Crippen MR) is 136 cm³/mol. The number of allylic oxidation sites excluding steroid dienone is 1. The molecule has 1 aromatic heterocycles. The van der Waals surface area contributed by atoms with Crippen LogP contribution in [-0.4, -0.2) is 15.3 Å². The van der Waals surface area contributed by atoms with Crippen molar-refractivity contribution in [2.24, 2.45) is 0 Å². The van der Waals surface area contributed by atoms with E-state index in [0.29, 0.717) is 16.8 Å². The molecule has 0 saturated carbocycles. The van der Waals surface area contributed by atoms with E-state index in [-0.39, 0.29) is 5.82 Å². The molecule has 0 amide bonds. The van der Waals surface area contributed by atoms with Gasteiger partial charge >= 0.3 is 0 Å². The largest absolute Gasteiger partial charge is 0.351 e. The van der Waals surface area contributed by atoms with Gasteiger partial charge < -0.3 is 9.84 Å². The van der Waals surface area contributed by atoms with Crippen LogP contribution in [0.5, 0.6) is 0 Å². The van der Waals surface area contributed by atoms with Crippen LogP contribution in [0.25, 0.3) is 17.0 Å². The Balaban J connectivity index is 1.66. The SMILES string of the molecule is CC1=C(c2nc(-c3ccc(C)cc3)no2)C(c2cccc(F)c2)NC(=S)N1c1cccc(C)c1. The van der Waals surface area contributed by atoms with Gasteiger partial charge in [0.15, 0.2) is 5.11 Å². The smallest absolute Gasteiger partial charge is 0.258 e. The fraction of sp³-hybridized carbons (Fsp3) is 0.148. The molecular weight excluding hydrogens is 447 g/mol. The molecule has 1 aliphatic heterocycles. The third-order valence-electron chi connectivity index (χ3n) is 5.89. The van der Waals surface area contributed by atoms with Crippen LogP contribution in [0.1, 0.15) is 35.5 Å². The highest BCUT2D eigenvalue weighted by atomic mass is 32.1. The van der Waals surface area contributed by atoms with Crippen molar-refractivity contribution in [2.75, 3.05) is 4.90 Å². The molecule has 7 heteroatoms. The molecule has 0 aliphatic carbocycles. The van der Waals surface area contributed by atoms with E-state index in [2.05, 4.69) is 16.5 Å². The maximum Gasteiger partial charge on any atom is 0.258 e. The summed E-state index contributed by atoms with van der Waals surface area (Å²) in [4.78, 5) is 6.66. The number of hydrogen-bond donors (Lipinski definition) is 1. The molecular formula is C27H23FN4OS. The molecule has 0 spiro atoms. The van der Waals surface area contributed by atoms with E-state index in [0.717, 1.165) is 39.2 Å². The Morgan fingerprint density at radius 3 is 2.44 bits per heavy atom. The molecule has 4 aromatic rings. The average molecular weight is 471 g/mol. The zero-order valence-corrected chi connectivity index (χ0v) is 19.9. The van der Waals surface area contributed by atoms with Crippen LogP contribution in [0.4, 0.5) is 10.1 Å². The standard InChI is InChI=1S/C27H23FN4OS/c1-16-10-12-19(13-11-16)25-30-26(33-31-25)23-18(3)32(22-9-4-6-17(2)14-22)27(34)29-24(23)20-7-5-8-21(28)15-20/h4-15,24H,1-3H3,(H,29,34). The summed E-state index contributed by atoms with van der Waals surface area (Å²) in [6.07, 6.45) is 0. The minimum absolute atomic E-state index is 0.325. The topological polar surface area (TPSA) is 54.2 Å². The highest BCUT2D eigenvalue weighted by Crippen LogP contribution is 2.39. The minimum Gasteiger partial charge on any atom is -0.351 e. The van der Waals surface area contributed by atoms with Crippen molar-refractivity contribution in [1.82, 2.24) is 15.5 Å². The van der Waals surface area contributed by atoms with Crippen molar-refractivity contribution in [2.45, 2.75) is 26.8 Å². The van der Waals surface area contributed by atoms with Gasteiger partial charge in [-0.1, -0.05) is 59.3 Å². The molecule has 1 aliphatic rings. The quantitative estimate of drug-likeness (QED) is 0.350. The Hall–Kier alpha value is -3.84. The van der Waals surface area contributed by atoms with Crippen LogP contribution in [0.15, 0.2) is 83.0 Å². The number of rotatable bonds is 4. The molecule has 34 heavy (non-hydrogen) atoms. The Bertz CT molecular complexity index is 1410. The monoisotopic (exact) mass is 470 g/mol. The minimum atomic E-state index is -0.449. The van der Waals surface area contributed by atoms with Crippen LogP contribution >= 0.6 is 12.2 Å². The van der Waals surface area contributed by atoms with Gasteiger partial charge in [-0.25, -0.2) is 4.39 Å². The van der Waals surface area contributed by atoms with Crippen LogP contribution in [0.2, 0.25) is 0 Å². The summed E-state index contributed by atoms with van der Waals surface area (Å²) >= 11 is 5.76. The van der Waals surface area contributed by atoms with Crippen LogP contribution in [0, 0.1) is 19.7 Å². The molecule has 0 bridgehead atoms. The lowest BCUT2D eigenvalue weighted by atomic mass is 9.94. The van der Waals surface area contributed by atoms with Gasteiger partial charge in [0.25, 0.3) is 5.89 Å². The summed E-state index contributed by atoms with van der Waals surface area (Å²) in [5.74, 6) is 0.521. The maximum absolute atomic E-state index is 14.2. The first kappa shape index (κ1) is 22.0. The van der Waals surface area contributed by atoms with Gasteiger partial charge in [-0.2, -0.15) is 4.98 Å². The summed E-state index contributed by atoms with van der Waals surface area (Å²) in [5.41, 5.74) is 6.33. The van der Waals surface area contributed by atoms with Crippen molar-refractivity contribution in [1.29, 1.82) is 0 Å². The van der Waals surface area contributed by atoms with Crippen LogP contribution < -0.4 is 10.2 Å². The number of aromatic nitrogens is 2. The molecule has 170 valence electrons. The second kappa shape index (κ2) is 8.83. The molecule has 5 nitrogen and oxygen atoms in total. The summed E-state index contributed by atoms with van der Waals surface area (Å²) in [6.45, 7) is 6.03. The lowest BCUT2D eigenvalue weighted by Crippen LogP contribution is -2.46. The number of benzene rings is 3. The number of anilines is 1. The van der Waals surface area contributed by atoms with E-state index < -0.39 is 6.04 Å². The van der Waals surface area contributed by atoms with Gasteiger partial charge in [-0.15, -0.1) is 0 Å². The maximum atomic E-state index is 14.2. The van der Waals surface area contributed by atoms with E-state index in [1.54, 1.807) is 6.07 Å². The van der Waals surface area contributed by atoms with Gasteiger partial charge in [-0.3, -0.25) is 4.90 Å². The number of thiocarbonyl (C=S) groups is 1. The third-order valence-corrected chi connectivity index (χ3v) is 6.19. The van der Waals surface area contributed by atoms with Crippen molar-refractivity contribution in [3.63, 3.8) is 0 Å². The highest BCUT2D eigenvalue weighted by molar-refractivity contribution is 7.80. The normalized spacial score (nSPS) is 16.1. The van der Waals surface area contributed by atoms with Crippen molar-refractivity contribution in [3.8, 4) is 11.4 Å². The first-order valence-electron chi connectivity index (χ1n) is 11.0. The molecule has 2 heterocycles. The predicted octanol–water partition coefficient (Wildman–Crippen LogP) is 6.36. The number of hydrogen-bond acceptors (Lipinski definition) is 4. The molecule has 3 aromatic carbocycles. The van der Waals surface area contributed by atoms with E-state index >= 15 is 0 Å². The molecule has 1 atom stereocenters. The Labute approximate surface area is 202 Å². The van der Waals surface area contributed by atoms with Crippen molar-refractivity contribution in [3.05, 3.63) is 107 Å². The molecule has 0 radical (unpaired) electrons. The van der Waals surface area contributed by atoms with Crippen molar-refractivity contribution < 1.29 is 8.91 Å². The Morgan fingerprint density at radius 2 is 1.71 bits per heavy atom. The number of nitrogens with one attached hydrogen (secondary N) is 1. The molecule has 0 fully saturated rings. The van der Waals surface area contributed by atoms with Gasteiger partial charge in [0, 0.05) is 16.9 Å². The lowest BCUT2D eigenvalue weighted by Gasteiger charge is -2.37. The number of aryl methyl sites for hydroxylation is 2. The Morgan fingerprint density at radius 1 is 0.941 bits per heavy atom. The van der Waals surface area contributed by atoms with Crippen LogP contribution in [0.3, 0.4) is 0 Å². The summed E-state index contributed by atoms with van der Waals surface area (Å²) < 4.78 is 19.9. The second-order valence-electron chi connectivity index (χ2n) is 8.40. The molecule has 1 unspecified atom stereocenters. The van der Waals surface area contributed by atoms with Gasteiger partial charge in [0.05, 0.1) is 11.6 Å². The second-order valence-corrected chi connectivity index (χ2v) is 8.79. The van der Waals surface area contributed by atoms with Gasteiger partial charge in [0.1, 0.15) is 5.82 Å². The molecule has 0 saturated heterocycles. The lowest BCUT2D eigenvalue weighted by molar-refractivity contribution is 0.404. The van der Waals surface area contributed by atoms with E-state index in [1.807, 2.05) is 74.2 Å². The fourth-order valence-electron chi connectivity index (χ4n) is 4.19. The van der Waals surface area contributed by atoms with Crippen molar-refractivity contribution >= 4 is 28.6 Å². The average Bonchev–Trinajstić information content (AvgIpc) is 3.29. The first-order valence-corrected chi connectivity index (χ1v) is 11.4. The molecule has 1 N–H and O–H groups in total. The Kier molecular flexibility index (Phi) is 5.71. The number of halogens is 1. The highest BCUT2D eigenvalue weighted by Gasteiger charge is 2.35. The van der Waals surface area contributed by atoms with E-state index in [9.17, 15) is 4.39 Å². The van der Waals surface area contributed by atoms with Crippen LogP contribution in [-0.2, 0) is 0 Å². The van der Waals surface area contributed by atoms with E-state index in [1.165, 1.54) is 12.1 Å². The van der Waals surface area contributed by atoms with Gasteiger partial charge in [0.2, 0.25) is 5.82 Å². The first-order chi connectivity index (χ1) is 16.4. The van der Waals surface area contributed by atoms with Gasteiger partial charge in [-0.05, 0) is 68.4 Å². The summed E-state index contributed by atoms with van der Waals surface area (Å²) in [6, 6.07) is 22.0. The summed E-state index contributed by atoms with van der Waals surface area (Å²) in [5, 5.41) is 8.11. The zero-order valence-electron chi connectivity index (χ0n) is 19.0. The number of nitrogens with zero attached hydrogens (tertiary/aromatic N) is 3. The molecule has 5 rings (SSSR count). The zero-order chi connectivity index (χ0) is 23.8. The third kappa shape index (κ3) is 4.10.